The van der Waals surface area contributed by atoms with Gasteiger partial charge in [-0.3, -0.25) is 24.5 Å². The third-order valence-corrected chi connectivity index (χ3v) is 17.2. The molecule has 7 aliphatic rings. The van der Waals surface area contributed by atoms with E-state index in [1.807, 2.05) is 39.1 Å². The fraction of sp³-hybridized carbons (Fsp3) is 0.448. The summed E-state index contributed by atoms with van der Waals surface area (Å²) in [5, 5.41) is 11.6. The Morgan fingerprint density at radius 3 is 1.95 bits per heavy atom. The summed E-state index contributed by atoms with van der Waals surface area (Å²) in [4.78, 5) is 57.6. The number of fused-ring (bicyclic) bond motifs is 14. The van der Waals surface area contributed by atoms with Crippen molar-refractivity contribution >= 4 is 62.4 Å². The van der Waals surface area contributed by atoms with Gasteiger partial charge in [0, 0.05) is 66.8 Å². The predicted molar refractivity (Wildman–Crippen MR) is 300 cm³/mol. The minimum atomic E-state index is -0.337. The average molecular weight is 1100 g/mol. The van der Waals surface area contributed by atoms with Gasteiger partial charge in [-0.05, 0) is 156 Å². The van der Waals surface area contributed by atoms with Crippen molar-refractivity contribution in [3.05, 3.63) is 106 Å². The predicted octanol–water partition coefficient (Wildman–Crippen LogP) is 8.75. The largest absolute Gasteiger partial charge is 0.477 e. The quantitative estimate of drug-likeness (QED) is 0.158. The summed E-state index contributed by atoms with van der Waals surface area (Å²) in [7, 11) is 6.14. The lowest BCUT2D eigenvalue weighted by Crippen LogP contribution is -2.61. The SMILES string of the molecule is Cc1cc2cc(n1)-c1cnn(C)c1OCCCC(C1CC1)CN1/C(=N/C2=O)Nc2ccc(CN3CCN(C)CC3[n+]3cc4c(n3C)OCCCC(C3CC3)CN3/C(=N/C(=O)c5cc(C)nc-4c5)Nc4cc(Br)ccc43)cc21. The molecule has 6 aromatic rings. The van der Waals surface area contributed by atoms with Crippen LogP contribution in [0.2, 0.25) is 0 Å². The van der Waals surface area contributed by atoms with Gasteiger partial charge in [0.05, 0.1) is 72.7 Å². The summed E-state index contributed by atoms with van der Waals surface area (Å²) in [6.07, 6.45) is 12.4. The van der Waals surface area contributed by atoms with Gasteiger partial charge < -0.3 is 29.9 Å². The molecule has 4 bridgehead atoms. The molecule has 77 heavy (non-hydrogen) atoms. The Bertz CT molecular complexity index is 3400. The van der Waals surface area contributed by atoms with E-state index in [4.69, 9.17) is 29.4 Å². The van der Waals surface area contributed by atoms with E-state index < -0.39 is 0 Å². The Kier molecular flexibility index (Phi) is 13.0. The maximum atomic E-state index is 14.4. The minimum Gasteiger partial charge on any atom is -0.477 e. The van der Waals surface area contributed by atoms with Crippen LogP contribution in [-0.4, -0.2) is 111 Å². The van der Waals surface area contributed by atoms with Crippen molar-refractivity contribution in [2.75, 3.05) is 73.4 Å². The number of likely N-dealkylation sites (N-methyl/N-ethyl adjacent to an activating group) is 1. The highest BCUT2D eigenvalue weighted by atomic mass is 79.9. The van der Waals surface area contributed by atoms with E-state index in [0.717, 1.165) is 114 Å². The number of carbonyl (C=O) groups excluding carboxylic acids is 2. The molecule has 2 aromatic carbocycles. The van der Waals surface area contributed by atoms with Crippen molar-refractivity contribution in [3.8, 4) is 34.3 Å². The molecule has 2 saturated carbocycles. The van der Waals surface area contributed by atoms with Crippen LogP contribution in [0.4, 0.5) is 22.7 Å². The van der Waals surface area contributed by atoms with Crippen molar-refractivity contribution in [2.24, 2.45) is 47.8 Å². The third-order valence-electron chi connectivity index (χ3n) is 16.7. The molecular formula is C58H66BrN14O4+. The van der Waals surface area contributed by atoms with E-state index in [1.165, 1.54) is 25.7 Å². The number of hydrogen-bond acceptors (Lipinski definition) is 13. The topological polar surface area (TPSA) is 167 Å². The lowest BCUT2D eigenvalue weighted by molar-refractivity contribution is -0.814. The van der Waals surface area contributed by atoms with E-state index in [0.29, 0.717) is 89.4 Å². The lowest BCUT2D eigenvalue weighted by Gasteiger charge is -2.35. The van der Waals surface area contributed by atoms with Crippen molar-refractivity contribution in [2.45, 2.75) is 77.9 Å². The molecule has 5 aliphatic heterocycles. The number of guanidine groups is 2. The van der Waals surface area contributed by atoms with Gasteiger partial charge in [-0.15, -0.1) is 4.68 Å². The molecule has 3 unspecified atom stereocenters. The first-order chi connectivity index (χ1) is 37.4. The molecule has 398 valence electrons. The van der Waals surface area contributed by atoms with Crippen LogP contribution >= 0.6 is 15.9 Å². The molecule has 1 saturated heterocycles. The fourth-order valence-electron chi connectivity index (χ4n) is 12.3. The van der Waals surface area contributed by atoms with Crippen LogP contribution in [0.1, 0.15) is 95.2 Å². The zero-order chi connectivity index (χ0) is 52.6. The summed E-state index contributed by atoms with van der Waals surface area (Å²) in [6.45, 7) is 9.63. The maximum absolute atomic E-state index is 14.4. The number of anilines is 4. The van der Waals surface area contributed by atoms with Gasteiger partial charge in [0.25, 0.3) is 23.9 Å². The van der Waals surface area contributed by atoms with Gasteiger partial charge in [-0.25, -0.2) is 9.58 Å². The Hall–Kier alpha value is -6.96. The number of nitrogens with one attached hydrogen (secondary N) is 2. The number of amides is 2. The smallest absolute Gasteiger partial charge is 0.280 e. The Balaban J connectivity index is 0.821. The molecule has 4 aromatic heterocycles. The van der Waals surface area contributed by atoms with Crippen LogP contribution in [0.15, 0.2) is 87.5 Å². The number of halogens is 1. The second-order valence-corrected chi connectivity index (χ2v) is 23.3. The maximum Gasteiger partial charge on any atom is 0.280 e. The number of hydrogen-bond donors (Lipinski definition) is 2. The minimum absolute atomic E-state index is 0.0740. The molecular weight excluding hydrogens is 1040 g/mol. The first-order valence-electron chi connectivity index (χ1n) is 27.4. The van der Waals surface area contributed by atoms with Crippen LogP contribution < -0.4 is 34.6 Å². The molecule has 18 nitrogen and oxygen atoms in total. The molecule has 13 rings (SSSR count). The van der Waals surface area contributed by atoms with E-state index in [-0.39, 0.29) is 18.0 Å². The molecule has 3 fully saturated rings. The molecule has 0 spiro atoms. The molecule has 9 heterocycles. The summed E-state index contributed by atoms with van der Waals surface area (Å²) in [5.74, 6) is 3.85. The number of carbonyl (C=O) groups is 2. The second kappa shape index (κ2) is 20.1. The molecule has 0 radical (unpaired) electrons. The van der Waals surface area contributed by atoms with E-state index >= 15 is 0 Å². The van der Waals surface area contributed by atoms with Crippen LogP contribution in [0.5, 0.6) is 11.8 Å². The van der Waals surface area contributed by atoms with Crippen LogP contribution in [0.3, 0.4) is 0 Å². The zero-order valence-electron chi connectivity index (χ0n) is 44.5. The average Bonchev–Trinajstić information content (AvgIpc) is 4.39. The fourth-order valence-corrected chi connectivity index (χ4v) is 12.7. The number of piperazine rings is 1. The standard InChI is InChI=1S/C58H65BrN14O4/c1-34-22-41-25-47(61-34)44-28-60-68(4)55(44)76-20-6-8-40(38-13-14-38)31-72-51-24-36(10-16-46(51)63-57(72)65-53(41)74)29-70-19-18-67(3)33-52(70)73-32-45-48-26-42(23-35(2)62-48)54(75)66-58-64-49-27-43(59)15-17-50(49)71(58)30-39(37-11-12-37)9-7-21-77-56(45)69(73)5/h10,15-17,22-28,32,37-40,52H,6-9,11-14,18-21,29-31,33H2,1-5H3,(H-,63,64,65,66,74,75)/p+1. The summed E-state index contributed by atoms with van der Waals surface area (Å²) < 4.78 is 20.5. The third kappa shape index (κ3) is 9.90. The zero-order valence-corrected chi connectivity index (χ0v) is 46.1. The van der Waals surface area contributed by atoms with E-state index in [2.05, 4.69) is 111 Å². The molecule has 2 amide bonds. The number of rotatable bonds is 5. The highest BCUT2D eigenvalue weighted by molar-refractivity contribution is 9.10. The number of ether oxygens (including phenoxy) is 2. The first kappa shape index (κ1) is 49.6. The molecule has 3 atom stereocenters. The molecule has 2 N–H and O–H groups in total. The van der Waals surface area contributed by atoms with Crippen LogP contribution in [0, 0.1) is 37.5 Å². The van der Waals surface area contributed by atoms with Gasteiger partial charge in [-0.2, -0.15) is 15.1 Å². The Morgan fingerprint density at radius 2 is 1.29 bits per heavy atom. The number of nitrogens with zero attached hydrogens (tertiary/aromatic N) is 12. The van der Waals surface area contributed by atoms with Gasteiger partial charge in [0.1, 0.15) is 5.56 Å². The van der Waals surface area contributed by atoms with Crippen molar-refractivity contribution < 1.29 is 23.7 Å². The highest BCUT2D eigenvalue weighted by Crippen LogP contribution is 2.45. The van der Waals surface area contributed by atoms with Crippen molar-refractivity contribution in [3.63, 3.8) is 0 Å². The highest BCUT2D eigenvalue weighted by Gasteiger charge is 2.41. The number of aliphatic imine (C=N–C) groups is 2. The van der Waals surface area contributed by atoms with E-state index in [1.54, 1.807) is 23.0 Å². The number of aromatic nitrogens is 6. The van der Waals surface area contributed by atoms with Crippen LogP contribution in [0.25, 0.3) is 22.5 Å². The monoisotopic (exact) mass is 1100 g/mol. The normalized spacial score (nSPS) is 23.5. The van der Waals surface area contributed by atoms with Gasteiger partial charge in [0.15, 0.2) is 0 Å². The Morgan fingerprint density at radius 1 is 0.662 bits per heavy atom. The lowest BCUT2D eigenvalue weighted by atomic mass is 9.97. The summed E-state index contributed by atoms with van der Waals surface area (Å²) in [6, 6.07) is 20.1. The molecule has 19 heteroatoms. The molecule has 2 aliphatic carbocycles. The number of aryl methyl sites for hydroxylation is 3. The first-order valence-corrected chi connectivity index (χ1v) is 28.2. The Labute approximate surface area is 457 Å². The summed E-state index contributed by atoms with van der Waals surface area (Å²) >= 11 is 3.64. The van der Waals surface area contributed by atoms with E-state index in [9.17, 15) is 9.59 Å². The number of pyridine rings is 2. The van der Waals surface area contributed by atoms with Crippen LogP contribution in [-0.2, 0) is 20.6 Å². The van der Waals surface area contributed by atoms with Crippen molar-refractivity contribution in [1.29, 1.82) is 0 Å². The van der Waals surface area contributed by atoms with Crippen molar-refractivity contribution in [1.82, 2.24) is 34.2 Å². The van der Waals surface area contributed by atoms with Gasteiger partial charge in [0.2, 0.25) is 24.0 Å². The van der Waals surface area contributed by atoms with Gasteiger partial charge >= 0.3 is 0 Å². The van der Waals surface area contributed by atoms with Gasteiger partial charge in [-0.1, -0.05) is 26.7 Å². The summed E-state index contributed by atoms with van der Waals surface area (Å²) in [5.41, 5.74) is 10.3. The second-order valence-electron chi connectivity index (χ2n) is 22.4. The number of benzene rings is 2.